The highest BCUT2D eigenvalue weighted by Crippen LogP contribution is 2.21. The van der Waals surface area contributed by atoms with Crippen molar-refractivity contribution in [1.82, 2.24) is 0 Å². The quantitative estimate of drug-likeness (QED) is 0.491. The van der Waals surface area contributed by atoms with Crippen molar-refractivity contribution in [2.75, 3.05) is 12.3 Å². The van der Waals surface area contributed by atoms with Gasteiger partial charge in [0, 0.05) is 0 Å². The number of benzene rings is 1. The summed E-state index contributed by atoms with van der Waals surface area (Å²) in [6, 6.07) is 3.13. The fraction of sp³-hybridized carbons (Fsp3) is 0.222. The van der Waals surface area contributed by atoms with E-state index in [0.717, 1.165) is 18.2 Å². The second-order valence-corrected chi connectivity index (χ2v) is 4.23. The van der Waals surface area contributed by atoms with Crippen LogP contribution in [0.25, 0.3) is 0 Å². The van der Waals surface area contributed by atoms with Crippen molar-refractivity contribution in [3.05, 3.63) is 23.8 Å². The van der Waals surface area contributed by atoms with Gasteiger partial charge in [-0.25, -0.2) is 4.79 Å². The second-order valence-electron chi connectivity index (χ2n) is 2.91. The topological polar surface area (TPSA) is 86.5 Å². The van der Waals surface area contributed by atoms with Gasteiger partial charge in [0.05, 0.1) is 17.9 Å². The molecule has 7 heteroatoms. The van der Waals surface area contributed by atoms with E-state index < -0.39 is 21.1 Å². The van der Waals surface area contributed by atoms with Crippen molar-refractivity contribution in [3.63, 3.8) is 0 Å². The zero-order valence-corrected chi connectivity index (χ0v) is 9.25. The molecule has 0 aliphatic heterocycles. The van der Waals surface area contributed by atoms with Crippen LogP contribution in [-0.4, -0.2) is 21.0 Å². The molecular formula is C9H10FNO4S. The number of carbonyl (C=O) groups excluding carboxylic acids is 1. The summed E-state index contributed by atoms with van der Waals surface area (Å²) in [6.45, 7) is 1.81. The normalized spacial score (nSPS) is 11.1. The van der Waals surface area contributed by atoms with Gasteiger partial charge in [0.2, 0.25) is 0 Å². The van der Waals surface area contributed by atoms with Gasteiger partial charge in [-0.2, -0.15) is 8.42 Å². The number of halogens is 1. The largest absolute Gasteiger partial charge is 0.462 e. The van der Waals surface area contributed by atoms with Crippen LogP contribution in [0.1, 0.15) is 17.3 Å². The summed E-state index contributed by atoms with van der Waals surface area (Å²) >= 11 is 0. The van der Waals surface area contributed by atoms with Gasteiger partial charge in [0.15, 0.2) is 0 Å². The molecule has 0 heterocycles. The highest BCUT2D eigenvalue weighted by Gasteiger charge is 2.17. The van der Waals surface area contributed by atoms with E-state index in [4.69, 9.17) is 5.73 Å². The van der Waals surface area contributed by atoms with Gasteiger partial charge in [-0.3, -0.25) is 0 Å². The van der Waals surface area contributed by atoms with E-state index in [-0.39, 0.29) is 17.9 Å². The molecule has 0 atom stereocenters. The molecule has 1 aromatic carbocycles. The van der Waals surface area contributed by atoms with Crippen LogP contribution in [0.15, 0.2) is 23.1 Å². The zero-order chi connectivity index (χ0) is 12.3. The van der Waals surface area contributed by atoms with Crippen LogP contribution in [-0.2, 0) is 15.0 Å². The van der Waals surface area contributed by atoms with Gasteiger partial charge in [-0.15, -0.1) is 3.89 Å². The standard InChI is InChI=1S/C9H10FNO4S/c1-2-15-9(12)6-3-4-8(7(11)5-6)16(10,13)14/h3-5H,2,11H2,1H3. The monoisotopic (exact) mass is 247 g/mol. The van der Waals surface area contributed by atoms with Gasteiger partial charge in [0.1, 0.15) is 4.90 Å². The summed E-state index contributed by atoms with van der Waals surface area (Å²) in [5, 5.41) is 0. The smallest absolute Gasteiger partial charge is 0.338 e. The maximum Gasteiger partial charge on any atom is 0.338 e. The molecule has 88 valence electrons. The number of hydrogen-bond acceptors (Lipinski definition) is 5. The minimum Gasteiger partial charge on any atom is -0.462 e. The third-order valence-electron chi connectivity index (χ3n) is 1.78. The Hall–Kier alpha value is -1.63. The molecule has 5 nitrogen and oxygen atoms in total. The van der Waals surface area contributed by atoms with E-state index in [1.807, 2.05) is 0 Å². The zero-order valence-electron chi connectivity index (χ0n) is 8.44. The summed E-state index contributed by atoms with van der Waals surface area (Å²) in [5.74, 6) is -0.642. The van der Waals surface area contributed by atoms with E-state index in [1.165, 1.54) is 0 Å². The minimum atomic E-state index is -4.87. The molecule has 0 radical (unpaired) electrons. The molecule has 0 bridgehead atoms. The van der Waals surface area contributed by atoms with Crippen molar-refractivity contribution in [3.8, 4) is 0 Å². The van der Waals surface area contributed by atoms with E-state index in [1.54, 1.807) is 6.92 Å². The van der Waals surface area contributed by atoms with Crippen LogP contribution in [0.3, 0.4) is 0 Å². The van der Waals surface area contributed by atoms with E-state index in [2.05, 4.69) is 4.74 Å². The molecule has 16 heavy (non-hydrogen) atoms. The Morgan fingerprint density at radius 2 is 2.12 bits per heavy atom. The lowest BCUT2D eigenvalue weighted by molar-refractivity contribution is 0.0526. The number of hydrogen-bond donors (Lipinski definition) is 1. The molecule has 0 saturated heterocycles. The molecule has 2 N–H and O–H groups in total. The molecule has 0 aromatic heterocycles. The van der Waals surface area contributed by atoms with Crippen LogP contribution in [0.4, 0.5) is 9.57 Å². The van der Waals surface area contributed by atoms with Crippen molar-refractivity contribution in [2.45, 2.75) is 11.8 Å². The average Bonchev–Trinajstić information content (AvgIpc) is 2.16. The van der Waals surface area contributed by atoms with Gasteiger partial charge in [-0.05, 0) is 25.1 Å². The highest BCUT2D eigenvalue weighted by molar-refractivity contribution is 7.86. The van der Waals surface area contributed by atoms with Gasteiger partial charge in [0.25, 0.3) is 0 Å². The lowest BCUT2D eigenvalue weighted by Gasteiger charge is -2.04. The van der Waals surface area contributed by atoms with Crippen molar-refractivity contribution in [2.24, 2.45) is 0 Å². The number of nitrogen functional groups attached to an aromatic ring is 1. The first-order valence-electron chi connectivity index (χ1n) is 4.37. The average molecular weight is 247 g/mol. The number of nitrogens with two attached hydrogens (primary N) is 1. The maximum atomic E-state index is 12.6. The Labute approximate surface area is 92.2 Å². The molecule has 1 aromatic rings. The summed E-state index contributed by atoms with van der Waals surface area (Å²) < 4.78 is 38.5. The Bertz CT molecular complexity index is 512. The van der Waals surface area contributed by atoms with Gasteiger partial charge in [-0.1, -0.05) is 0 Å². The fourth-order valence-corrected chi connectivity index (χ4v) is 1.68. The summed E-state index contributed by atoms with van der Waals surface area (Å²) in [6.07, 6.45) is 0. The van der Waals surface area contributed by atoms with Crippen LogP contribution < -0.4 is 5.73 Å². The molecule has 0 unspecified atom stereocenters. The highest BCUT2D eigenvalue weighted by atomic mass is 32.3. The molecule has 1 rings (SSSR count). The summed E-state index contributed by atoms with van der Waals surface area (Å²) in [4.78, 5) is 10.6. The third kappa shape index (κ3) is 2.69. The summed E-state index contributed by atoms with van der Waals surface area (Å²) in [5.41, 5.74) is 5.06. The van der Waals surface area contributed by atoms with Gasteiger partial charge >= 0.3 is 16.2 Å². The van der Waals surface area contributed by atoms with Crippen molar-refractivity contribution < 1.29 is 21.8 Å². The van der Waals surface area contributed by atoms with Crippen LogP contribution >= 0.6 is 0 Å². The number of esters is 1. The summed E-state index contributed by atoms with van der Waals surface area (Å²) in [7, 11) is -4.87. The first kappa shape index (κ1) is 12.4. The first-order chi connectivity index (χ1) is 7.36. The minimum absolute atomic E-state index is 0.0757. The van der Waals surface area contributed by atoms with E-state index >= 15 is 0 Å². The number of carbonyl (C=O) groups is 1. The Morgan fingerprint density at radius 1 is 1.50 bits per heavy atom. The first-order valence-corrected chi connectivity index (χ1v) is 5.76. The van der Waals surface area contributed by atoms with Crippen molar-refractivity contribution >= 4 is 21.9 Å². The SMILES string of the molecule is CCOC(=O)c1ccc(S(=O)(=O)F)c(N)c1. The van der Waals surface area contributed by atoms with Crippen LogP contribution in [0, 0.1) is 0 Å². The number of anilines is 1. The fourth-order valence-electron chi connectivity index (χ4n) is 1.11. The van der Waals surface area contributed by atoms with Crippen LogP contribution in [0.2, 0.25) is 0 Å². The van der Waals surface area contributed by atoms with E-state index in [0.29, 0.717) is 0 Å². The Balaban J connectivity index is 3.14. The molecule has 0 amide bonds. The van der Waals surface area contributed by atoms with E-state index in [9.17, 15) is 17.1 Å². The lowest BCUT2D eigenvalue weighted by atomic mass is 10.2. The predicted octanol–water partition coefficient (Wildman–Crippen LogP) is 1.10. The Kier molecular flexibility index (Phi) is 3.48. The number of ether oxygens (including phenoxy) is 1. The molecule has 0 aliphatic carbocycles. The molecule has 0 spiro atoms. The number of rotatable bonds is 3. The van der Waals surface area contributed by atoms with Gasteiger partial charge < -0.3 is 10.5 Å². The maximum absolute atomic E-state index is 12.6. The molecule has 0 fully saturated rings. The third-order valence-corrected chi connectivity index (χ3v) is 2.68. The lowest BCUT2D eigenvalue weighted by Crippen LogP contribution is -2.07. The second kappa shape index (κ2) is 4.48. The van der Waals surface area contributed by atoms with Crippen LogP contribution in [0.5, 0.6) is 0 Å². The molecular weight excluding hydrogens is 237 g/mol. The predicted molar refractivity (Wildman–Crippen MR) is 55.1 cm³/mol. The molecule has 0 saturated carbocycles. The van der Waals surface area contributed by atoms with Crippen molar-refractivity contribution in [1.29, 1.82) is 0 Å². The Morgan fingerprint density at radius 3 is 2.56 bits per heavy atom. The molecule has 0 aliphatic rings.